The Morgan fingerprint density at radius 3 is 2.65 bits per heavy atom. The molecule has 1 unspecified atom stereocenters. The monoisotopic (exact) mass is 233 g/mol. The largest absolute Gasteiger partial charge is 0.497 e. The molecule has 0 aromatic heterocycles. The number of benzene rings is 1. The molecule has 0 amide bonds. The Hall–Kier alpha value is -1.02. The Morgan fingerprint density at radius 1 is 1.35 bits per heavy atom. The summed E-state index contributed by atoms with van der Waals surface area (Å²) in [6, 6.07) is 6.39. The third kappa shape index (κ3) is 3.01. The Morgan fingerprint density at radius 2 is 2.06 bits per heavy atom. The Bertz CT molecular complexity index is 369. The third-order valence-electron chi connectivity index (χ3n) is 3.94. The average molecular weight is 233 g/mol. The molecule has 1 saturated carbocycles. The van der Waals surface area contributed by atoms with Crippen LogP contribution in [0.2, 0.25) is 0 Å². The van der Waals surface area contributed by atoms with Gasteiger partial charge in [0.25, 0.3) is 0 Å². The fraction of sp³-hybridized carbons (Fsp3) is 0.600. The van der Waals surface area contributed by atoms with Crippen LogP contribution in [0.25, 0.3) is 0 Å². The van der Waals surface area contributed by atoms with Crippen LogP contribution in [-0.2, 0) is 0 Å². The van der Waals surface area contributed by atoms with E-state index in [1.54, 1.807) is 7.11 Å². The summed E-state index contributed by atoms with van der Waals surface area (Å²) in [7, 11) is 1.70. The number of methoxy groups -OCH3 is 1. The van der Waals surface area contributed by atoms with Gasteiger partial charge in [-0.05, 0) is 42.5 Å². The molecule has 2 N–H and O–H groups in total. The molecule has 1 aromatic carbocycles. The molecule has 17 heavy (non-hydrogen) atoms. The first kappa shape index (κ1) is 12.4. The third-order valence-corrected chi connectivity index (χ3v) is 3.94. The zero-order valence-electron chi connectivity index (χ0n) is 10.9. The fourth-order valence-electron chi connectivity index (χ4n) is 2.92. The predicted molar refractivity (Wildman–Crippen MR) is 71.2 cm³/mol. The molecule has 2 nitrogen and oxygen atoms in total. The smallest absolute Gasteiger partial charge is 0.119 e. The molecule has 2 rings (SSSR count). The van der Waals surface area contributed by atoms with E-state index in [2.05, 4.69) is 19.1 Å². The number of aryl methyl sites for hydroxylation is 1. The quantitative estimate of drug-likeness (QED) is 0.862. The summed E-state index contributed by atoms with van der Waals surface area (Å²) < 4.78 is 5.22. The van der Waals surface area contributed by atoms with E-state index in [1.165, 1.54) is 36.8 Å². The number of ether oxygens (including phenoxy) is 1. The highest BCUT2D eigenvalue weighted by Gasteiger charge is 2.19. The summed E-state index contributed by atoms with van der Waals surface area (Å²) in [5.74, 6) is 1.76. The molecule has 94 valence electrons. The molecule has 0 bridgehead atoms. The SMILES string of the molecule is COc1ccc(C(N)CC2CCCC2)c(C)c1. The van der Waals surface area contributed by atoms with Crippen molar-refractivity contribution in [3.05, 3.63) is 29.3 Å². The molecule has 1 atom stereocenters. The van der Waals surface area contributed by atoms with Crippen LogP contribution in [0.15, 0.2) is 18.2 Å². The molecule has 2 heteroatoms. The van der Waals surface area contributed by atoms with Crippen LogP contribution in [0.5, 0.6) is 5.75 Å². The predicted octanol–water partition coefficient (Wildman–Crippen LogP) is 3.58. The van der Waals surface area contributed by atoms with E-state index >= 15 is 0 Å². The van der Waals surface area contributed by atoms with Crippen molar-refractivity contribution in [2.75, 3.05) is 7.11 Å². The average Bonchev–Trinajstić information content (AvgIpc) is 2.81. The molecular weight excluding hydrogens is 210 g/mol. The van der Waals surface area contributed by atoms with Gasteiger partial charge in [-0.1, -0.05) is 31.7 Å². The second-order valence-electron chi connectivity index (χ2n) is 5.22. The summed E-state index contributed by atoms with van der Waals surface area (Å²) >= 11 is 0. The van der Waals surface area contributed by atoms with Crippen LogP contribution >= 0.6 is 0 Å². The van der Waals surface area contributed by atoms with E-state index in [1.807, 2.05) is 6.07 Å². The molecule has 1 aliphatic rings. The minimum Gasteiger partial charge on any atom is -0.497 e. The van der Waals surface area contributed by atoms with E-state index in [-0.39, 0.29) is 6.04 Å². The second kappa shape index (κ2) is 5.54. The lowest BCUT2D eigenvalue weighted by atomic mass is 9.92. The van der Waals surface area contributed by atoms with Gasteiger partial charge in [-0.3, -0.25) is 0 Å². The first-order valence-electron chi connectivity index (χ1n) is 6.61. The lowest BCUT2D eigenvalue weighted by molar-refractivity contribution is 0.413. The summed E-state index contributed by atoms with van der Waals surface area (Å²) in [5.41, 5.74) is 8.85. The highest BCUT2D eigenvalue weighted by molar-refractivity contribution is 5.36. The zero-order chi connectivity index (χ0) is 12.3. The van der Waals surface area contributed by atoms with Crippen LogP contribution in [0.3, 0.4) is 0 Å². The van der Waals surface area contributed by atoms with Crippen LogP contribution in [0, 0.1) is 12.8 Å². The molecule has 0 spiro atoms. The molecule has 0 aliphatic heterocycles. The van der Waals surface area contributed by atoms with Crippen molar-refractivity contribution in [1.29, 1.82) is 0 Å². The summed E-state index contributed by atoms with van der Waals surface area (Å²) in [5, 5.41) is 0. The van der Waals surface area contributed by atoms with E-state index in [9.17, 15) is 0 Å². The van der Waals surface area contributed by atoms with Crippen molar-refractivity contribution in [3.8, 4) is 5.75 Å². The normalized spacial score (nSPS) is 18.3. The van der Waals surface area contributed by atoms with Gasteiger partial charge in [0.1, 0.15) is 5.75 Å². The van der Waals surface area contributed by atoms with Gasteiger partial charge in [0.15, 0.2) is 0 Å². The zero-order valence-corrected chi connectivity index (χ0v) is 10.9. The Kier molecular flexibility index (Phi) is 4.06. The summed E-state index contributed by atoms with van der Waals surface area (Å²) in [4.78, 5) is 0. The first-order valence-corrected chi connectivity index (χ1v) is 6.61. The lowest BCUT2D eigenvalue weighted by Crippen LogP contribution is -2.15. The van der Waals surface area contributed by atoms with Crippen LogP contribution in [0.1, 0.15) is 49.3 Å². The molecule has 0 saturated heterocycles. The van der Waals surface area contributed by atoms with Crippen molar-refractivity contribution in [3.63, 3.8) is 0 Å². The van der Waals surface area contributed by atoms with Crippen molar-refractivity contribution in [2.24, 2.45) is 11.7 Å². The molecule has 0 radical (unpaired) electrons. The highest BCUT2D eigenvalue weighted by Crippen LogP contribution is 2.33. The maximum absolute atomic E-state index is 6.33. The van der Waals surface area contributed by atoms with Crippen molar-refractivity contribution < 1.29 is 4.74 Å². The van der Waals surface area contributed by atoms with E-state index < -0.39 is 0 Å². The molecule has 1 fully saturated rings. The van der Waals surface area contributed by atoms with Crippen LogP contribution in [-0.4, -0.2) is 7.11 Å². The van der Waals surface area contributed by atoms with Crippen LogP contribution in [0.4, 0.5) is 0 Å². The minimum absolute atomic E-state index is 0.184. The molecule has 0 heterocycles. The number of hydrogen-bond donors (Lipinski definition) is 1. The van der Waals surface area contributed by atoms with Gasteiger partial charge >= 0.3 is 0 Å². The molecule has 1 aliphatic carbocycles. The van der Waals surface area contributed by atoms with Gasteiger partial charge < -0.3 is 10.5 Å². The van der Waals surface area contributed by atoms with E-state index in [0.717, 1.165) is 18.1 Å². The van der Waals surface area contributed by atoms with Gasteiger partial charge in [0, 0.05) is 6.04 Å². The summed E-state index contributed by atoms with van der Waals surface area (Å²) in [6.07, 6.45) is 6.64. The van der Waals surface area contributed by atoms with Gasteiger partial charge in [0.2, 0.25) is 0 Å². The van der Waals surface area contributed by atoms with E-state index in [4.69, 9.17) is 10.5 Å². The van der Waals surface area contributed by atoms with Crippen molar-refractivity contribution in [2.45, 2.75) is 45.1 Å². The second-order valence-corrected chi connectivity index (χ2v) is 5.22. The van der Waals surface area contributed by atoms with Crippen molar-refractivity contribution in [1.82, 2.24) is 0 Å². The number of rotatable bonds is 4. The van der Waals surface area contributed by atoms with Gasteiger partial charge in [-0.15, -0.1) is 0 Å². The van der Waals surface area contributed by atoms with E-state index in [0.29, 0.717) is 0 Å². The standard InChI is InChI=1S/C15H23NO/c1-11-9-13(17-2)7-8-14(11)15(16)10-12-5-3-4-6-12/h7-9,12,15H,3-6,10,16H2,1-2H3. The van der Waals surface area contributed by atoms with Crippen LogP contribution < -0.4 is 10.5 Å². The first-order chi connectivity index (χ1) is 8.20. The number of hydrogen-bond acceptors (Lipinski definition) is 2. The van der Waals surface area contributed by atoms with Gasteiger partial charge in [0.05, 0.1) is 7.11 Å². The van der Waals surface area contributed by atoms with Gasteiger partial charge in [-0.2, -0.15) is 0 Å². The molecular formula is C15H23NO. The lowest BCUT2D eigenvalue weighted by Gasteiger charge is -2.19. The molecule has 1 aromatic rings. The summed E-state index contributed by atoms with van der Waals surface area (Å²) in [6.45, 7) is 2.12. The maximum Gasteiger partial charge on any atom is 0.119 e. The highest BCUT2D eigenvalue weighted by atomic mass is 16.5. The maximum atomic E-state index is 6.33. The Balaban J connectivity index is 2.04. The minimum atomic E-state index is 0.184. The van der Waals surface area contributed by atoms with Gasteiger partial charge in [-0.25, -0.2) is 0 Å². The Labute approximate surface area is 104 Å². The topological polar surface area (TPSA) is 35.2 Å². The fourth-order valence-corrected chi connectivity index (χ4v) is 2.92. The van der Waals surface area contributed by atoms with Crippen molar-refractivity contribution >= 4 is 0 Å². The number of nitrogens with two attached hydrogens (primary N) is 1.